The van der Waals surface area contributed by atoms with Gasteiger partial charge >= 0.3 is 0 Å². The molecule has 1 aliphatic heterocycles. The molecule has 0 radical (unpaired) electrons. The van der Waals surface area contributed by atoms with E-state index in [1.165, 1.54) is 5.56 Å². The van der Waals surface area contributed by atoms with Crippen molar-refractivity contribution in [3.05, 3.63) is 108 Å². The number of carbonyl (C=O) groups excluding carboxylic acids is 1. The average molecular weight is 489 g/mol. The third kappa shape index (κ3) is 5.83. The van der Waals surface area contributed by atoms with Gasteiger partial charge in [-0.1, -0.05) is 24.3 Å². The molecule has 37 heavy (non-hydrogen) atoms. The first-order valence-electron chi connectivity index (χ1n) is 12.3. The summed E-state index contributed by atoms with van der Waals surface area (Å²) in [7, 11) is 0. The molecule has 3 heterocycles. The first-order valence-corrected chi connectivity index (χ1v) is 12.3. The third-order valence-corrected chi connectivity index (χ3v) is 6.66. The Morgan fingerprint density at radius 3 is 2.49 bits per heavy atom. The summed E-state index contributed by atoms with van der Waals surface area (Å²) >= 11 is 0. The van der Waals surface area contributed by atoms with Gasteiger partial charge in [0.05, 0.1) is 23.5 Å². The standard InChI is InChI=1S/C30H28N6O/c1-22-4-7-26(17-28(22)25-8-5-23(18-31)6-9-25)30(37)34-27-10-11-29(33-20-27)36-15-13-35(14-16-36)21-24-3-2-12-32-19-24/h2-12,17,19-20H,13-16,21H2,1H3,(H,34,37). The summed E-state index contributed by atoms with van der Waals surface area (Å²) in [6.45, 7) is 6.65. The minimum Gasteiger partial charge on any atom is -0.354 e. The Balaban J connectivity index is 1.20. The quantitative estimate of drug-likeness (QED) is 0.416. The van der Waals surface area contributed by atoms with Gasteiger partial charge in [0.25, 0.3) is 5.91 Å². The number of aryl methyl sites for hydroxylation is 1. The second-order valence-corrected chi connectivity index (χ2v) is 9.20. The fraction of sp³-hybridized carbons (Fsp3) is 0.200. The maximum atomic E-state index is 13.0. The van der Waals surface area contributed by atoms with Crippen molar-refractivity contribution in [3.63, 3.8) is 0 Å². The fourth-order valence-electron chi connectivity index (χ4n) is 4.53. The van der Waals surface area contributed by atoms with Crippen molar-refractivity contribution in [1.29, 1.82) is 5.26 Å². The summed E-state index contributed by atoms with van der Waals surface area (Å²) in [4.78, 5) is 26.5. The van der Waals surface area contributed by atoms with Crippen LogP contribution >= 0.6 is 0 Å². The molecule has 184 valence electrons. The van der Waals surface area contributed by atoms with Crippen LogP contribution in [-0.2, 0) is 6.54 Å². The number of benzene rings is 2. The van der Waals surface area contributed by atoms with Gasteiger partial charge in [-0.2, -0.15) is 5.26 Å². The SMILES string of the molecule is Cc1ccc(C(=O)Nc2ccc(N3CCN(Cc4cccnc4)CC3)nc2)cc1-c1ccc(C#N)cc1. The van der Waals surface area contributed by atoms with E-state index in [0.29, 0.717) is 16.8 Å². The van der Waals surface area contributed by atoms with E-state index in [1.807, 2.05) is 61.7 Å². The average Bonchev–Trinajstić information content (AvgIpc) is 2.95. The van der Waals surface area contributed by atoms with Crippen molar-refractivity contribution in [2.24, 2.45) is 0 Å². The molecule has 0 bridgehead atoms. The van der Waals surface area contributed by atoms with Crippen molar-refractivity contribution in [3.8, 4) is 17.2 Å². The lowest BCUT2D eigenvalue weighted by atomic mass is 9.97. The Hall–Kier alpha value is -4.54. The summed E-state index contributed by atoms with van der Waals surface area (Å²) in [5.74, 6) is 0.728. The molecule has 0 saturated carbocycles. The predicted molar refractivity (Wildman–Crippen MR) is 145 cm³/mol. The number of nitrogens with zero attached hydrogens (tertiary/aromatic N) is 5. The molecular formula is C30H28N6O. The zero-order valence-electron chi connectivity index (χ0n) is 20.8. The number of piperazine rings is 1. The van der Waals surface area contributed by atoms with Crippen molar-refractivity contribution >= 4 is 17.4 Å². The van der Waals surface area contributed by atoms with Gasteiger partial charge in [0, 0.05) is 50.7 Å². The monoisotopic (exact) mass is 488 g/mol. The van der Waals surface area contributed by atoms with Crippen LogP contribution in [-0.4, -0.2) is 47.0 Å². The molecule has 1 N–H and O–H groups in total. The normalized spacial score (nSPS) is 13.7. The zero-order valence-corrected chi connectivity index (χ0v) is 20.8. The largest absolute Gasteiger partial charge is 0.354 e. The van der Waals surface area contributed by atoms with Crippen molar-refractivity contribution < 1.29 is 4.79 Å². The van der Waals surface area contributed by atoms with E-state index in [-0.39, 0.29) is 5.91 Å². The topological polar surface area (TPSA) is 85.2 Å². The molecule has 2 aromatic heterocycles. The number of pyridine rings is 2. The van der Waals surface area contributed by atoms with E-state index < -0.39 is 0 Å². The number of carbonyl (C=O) groups is 1. The smallest absolute Gasteiger partial charge is 0.255 e. The number of nitriles is 1. The van der Waals surface area contributed by atoms with Gasteiger partial charge in [-0.15, -0.1) is 0 Å². The first kappa shape index (κ1) is 24.2. The number of aromatic nitrogens is 2. The maximum absolute atomic E-state index is 13.0. The van der Waals surface area contributed by atoms with Gasteiger partial charge in [0.1, 0.15) is 5.82 Å². The number of anilines is 2. The van der Waals surface area contributed by atoms with Gasteiger partial charge in [-0.05, 0) is 71.6 Å². The molecule has 0 atom stereocenters. The van der Waals surface area contributed by atoms with Crippen LogP contribution in [0.15, 0.2) is 85.3 Å². The Bertz CT molecular complexity index is 1400. The summed E-state index contributed by atoms with van der Waals surface area (Å²) in [6.07, 6.45) is 5.44. The molecule has 2 aromatic carbocycles. The minimum absolute atomic E-state index is 0.187. The van der Waals surface area contributed by atoms with E-state index in [0.717, 1.165) is 55.2 Å². The van der Waals surface area contributed by atoms with Crippen molar-refractivity contribution in [2.45, 2.75) is 13.5 Å². The number of rotatable bonds is 6. The van der Waals surface area contributed by atoms with Gasteiger partial charge in [-0.3, -0.25) is 14.7 Å². The molecule has 7 nitrogen and oxygen atoms in total. The molecule has 1 amide bonds. The highest BCUT2D eigenvalue weighted by Crippen LogP contribution is 2.26. The number of nitrogens with one attached hydrogen (secondary N) is 1. The molecule has 0 spiro atoms. The highest BCUT2D eigenvalue weighted by atomic mass is 16.1. The second kappa shape index (κ2) is 11.0. The van der Waals surface area contributed by atoms with E-state index >= 15 is 0 Å². The molecule has 1 fully saturated rings. The Kier molecular flexibility index (Phi) is 7.20. The van der Waals surface area contributed by atoms with E-state index in [9.17, 15) is 4.79 Å². The Morgan fingerprint density at radius 1 is 1.00 bits per heavy atom. The molecule has 1 saturated heterocycles. The van der Waals surface area contributed by atoms with Crippen LogP contribution in [0.1, 0.15) is 27.0 Å². The lowest BCUT2D eigenvalue weighted by Crippen LogP contribution is -2.46. The molecule has 0 aliphatic carbocycles. The predicted octanol–water partition coefficient (Wildman–Crippen LogP) is 4.90. The summed E-state index contributed by atoms with van der Waals surface area (Å²) in [6, 6.07) is 23.1. The summed E-state index contributed by atoms with van der Waals surface area (Å²) < 4.78 is 0. The van der Waals surface area contributed by atoms with Crippen LogP contribution < -0.4 is 10.2 Å². The Morgan fingerprint density at radius 2 is 1.81 bits per heavy atom. The minimum atomic E-state index is -0.187. The third-order valence-electron chi connectivity index (χ3n) is 6.66. The highest BCUT2D eigenvalue weighted by molar-refractivity contribution is 6.05. The molecular weight excluding hydrogens is 460 g/mol. The lowest BCUT2D eigenvalue weighted by molar-refractivity contribution is 0.102. The lowest BCUT2D eigenvalue weighted by Gasteiger charge is -2.35. The number of hydrogen-bond donors (Lipinski definition) is 1. The van der Waals surface area contributed by atoms with Crippen molar-refractivity contribution in [2.75, 3.05) is 36.4 Å². The van der Waals surface area contributed by atoms with Crippen LogP contribution in [0, 0.1) is 18.3 Å². The van der Waals surface area contributed by atoms with Crippen LogP contribution in [0.5, 0.6) is 0 Å². The van der Waals surface area contributed by atoms with Gasteiger partial charge in [-0.25, -0.2) is 4.98 Å². The molecule has 0 unspecified atom stereocenters. The number of amides is 1. The first-order chi connectivity index (χ1) is 18.1. The highest BCUT2D eigenvalue weighted by Gasteiger charge is 2.18. The number of hydrogen-bond acceptors (Lipinski definition) is 6. The van der Waals surface area contributed by atoms with Gasteiger partial charge < -0.3 is 10.2 Å². The molecule has 7 heteroatoms. The van der Waals surface area contributed by atoms with E-state index in [2.05, 4.69) is 37.2 Å². The molecule has 5 rings (SSSR count). The Labute approximate surface area is 217 Å². The maximum Gasteiger partial charge on any atom is 0.255 e. The van der Waals surface area contributed by atoms with Gasteiger partial charge in [0.2, 0.25) is 0 Å². The van der Waals surface area contributed by atoms with Crippen LogP contribution in [0.4, 0.5) is 11.5 Å². The van der Waals surface area contributed by atoms with Crippen molar-refractivity contribution in [1.82, 2.24) is 14.9 Å². The molecule has 4 aromatic rings. The van der Waals surface area contributed by atoms with Crippen LogP contribution in [0.2, 0.25) is 0 Å². The summed E-state index contributed by atoms with van der Waals surface area (Å²) in [5, 5.41) is 12.0. The summed E-state index contributed by atoms with van der Waals surface area (Å²) in [5.41, 5.74) is 6.06. The second-order valence-electron chi connectivity index (χ2n) is 9.20. The van der Waals surface area contributed by atoms with E-state index in [4.69, 9.17) is 5.26 Å². The van der Waals surface area contributed by atoms with Gasteiger partial charge in [0.15, 0.2) is 0 Å². The zero-order chi connectivity index (χ0) is 25.6. The van der Waals surface area contributed by atoms with Crippen LogP contribution in [0.25, 0.3) is 11.1 Å². The van der Waals surface area contributed by atoms with Crippen LogP contribution in [0.3, 0.4) is 0 Å². The fourth-order valence-corrected chi connectivity index (χ4v) is 4.53. The molecule has 1 aliphatic rings. The van der Waals surface area contributed by atoms with E-state index in [1.54, 1.807) is 24.5 Å².